The van der Waals surface area contributed by atoms with Crippen molar-refractivity contribution in [3.63, 3.8) is 0 Å². The molecule has 7 nitrogen and oxygen atoms in total. The molecule has 0 aliphatic carbocycles. The summed E-state index contributed by atoms with van der Waals surface area (Å²) in [6, 6.07) is 11.8. The van der Waals surface area contributed by atoms with E-state index in [-0.39, 0.29) is 30.5 Å². The third-order valence-electron chi connectivity index (χ3n) is 6.73. The van der Waals surface area contributed by atoms with E-state index in [1.54, 1.807) is 14.2 Å². The van der Waals surface area contributed by atoms with Gasteiger partial charge in [-0.25, -0.2) is 0 Å². The van der Waals surface area contributed by atoms with Crippen molar-refractivity contribution >= 4 is 18.3 Å². The lowest BCUT2D eigenvalue weighted by atomic mass is 9.94. The van der Waals surface area contributed by atoms with E-state index in [0.29, 0.717) is 18.1 Å². The normalized spacial score (nSPS) is 17.9. The molecular weight excluding hydrogens is 480 g/mol. The van der Waals surface area contributed by atoms with Gasteiger partial charge in [-0.05, 0) is 88.0 Å². The maximum atomic E-state index is 13.4. The SMILES string of the molecule is COc1cc2c(cc1OC)C(=O)N(C1CCCN(CCCOc3ccc(OC(C)C)cc3)C1)CC2.Cl. The Balaban J connectivity index is 0.00000361. The van der Waals surface area contributed by atoms with Crippen LogP contribution in [-0.2, 0) is 6.42 Å². The van der Waals surface area contributed by atoms with Crippen molar-refractivity contribution in [2.75, 3.05) is 47.0 Å². The van der Waals surface area contributed by atoms with E-state index in [0.717, 1.165) is 74.5 Å². The first-order chi connectivity index (χ1) is 17.0. The van der Waals surface area contributed by atoms with Gasteiger partial charge in [0.1, 0.15) is 11.5 Å². The lowest BCUT2D eigenvalue weighted by Crippen LogP contribution is -2.52. The molecule has 0 N–H and O–H groups in total. The van der Waals surface area contributed by atoms with Gasteiger partial charge in [-0.2, -0.15) is 0 Å². The summed E-state index contributed by atoms with van der Waals surface area (Å²) >= 11 is 0. The first-order valence-corrected chi connectivity index (χ1v) is 12.7. The number of hydrogen-bond donors (Lipinski definition) is 0. The number of nitrogens with zero attached hydrogens (tertiary/aromatic N) is 2. The quantitative estimate of drug-likeness (QED) is 0.419. The molecule has 1 saturated heterocycles. The van der Waals surface area contributed by atoms with E-state index in [2.05, 4.69) is 9.80 Å². The Bertz CT molecular complexity index is 998. The van der Waals surface area contributed by atoms with Crippen molar-refractivity contribution in [2.45, 2.75) is 51.7 Å². The molecule has 0 aromatic heterocycles. The number of amides is 1. The van der Waals surface area contributed by atoms with Crippen LogP contribution in [0.1, 0.15) is 49.0 Å². The molecule has 8 heteroatoms. The zero-order valence-electron chi connectivity index (χ0n) is 21.8. The Morgan fingerprint density at radius 3 is 2.39 bits per heavy atom. The van der Waals surface area contributed by atoms with Crippen molar-refractivity contribution < 1.29 is 23.7 Å². The number of hydrogen-bond acceptors (Lipinski definition) is 6. The van der Waals surface area contributed by atoms with Crippen LogP contribution < -0.4 is 18.9 Å². The Kier molecular flexibility index (Phi) is 10.1. The monoisotopic (exact) mass is 518 g/mol. The summed E-state index contributed by atoms with van der Waals surface area (Å²) in [5.41, 5.74) is 1.78. The predicted molar refractivity (Wildman–Crippen MR) is 143 cm³/mol. The molecule has 4 rings (SSSR count). The van der Waals surface area contributed by atoms with Crippen molar-refractivity contribution in [3.05, 3.63) is 47.5 Å². The number of ether oxygens (including phenoxy) is 4. The number of methoxy groups -OCH3 is 2. The van der Waals surface area contributed by atoms with Gasteiger partial charge in [-0.15, -0.1) is 12.4 Å². The zero-order valence-corrected chi connectivity index (χ0v) is 22.6. The number of benzene rings is 2. The minimum Gasteiger partial charge on any atom is -0.494 e. The summed E-state index contributed by atoms with van der Waals surface area (Å²) in [5.74, 6) is 3.11. The number of halogens is 1. The van der Waals surface area contributed by atoms with E-state index >= 15 is 0 Å². The van der Waals surface area contributed by atoms with Crippen LogP contribution in [0.2, 0.25) is 0 Å². The van der Waals surface area contributed by atoms with Crippen molar-refractivity contribution in [1.82, 2.24) is 9.80 Å². The molecule has 36 heavy (non-hydrogen) atoms. The molecule has 0 spiro atoms. The zero-order chi connectivity index (χ0) is 24.8. The molecule has 198 valence electrons. The number of likely N-dealkylation sites (tertiary alicyclic amines) is 1. The highest BCUT2D eigenvalue weighted by Gasteiger charge is 2.33. The minimum absolute atomic E-state index is 0. The molecule has 1 fully saturated rings. The summed E-state index contributed by atoms with van der Waals surface area (Å²) in [6.45, 7) is 8.41. The molecule has 0 saturated carbocycles. The van der Waals surface area contributed by atoms with Crippen LogP contribution in [0.5, 0.6) is 23.0 Å². The molecule has 0 radical (unpaired) electrons. The van der Waals surface area contributed by atoms with Crippen LogP contribution >= 0.6 is 12.4 Å². The second kappa shape index (κ2) is 13.1. The van der Waals surface area contributed by atoms with Gasteiger partial charge < -0.3 is 28.7 Å². The van der Waals surface area contributed by atoms with Crippen LogP contribution in [0, 0.1) is 0 Å². The highest BCUT2D eigenvalue weighted by molar-refractivity contribution is 5.97. The topological polar surface area (TPSA) is 60.5 Å². The summed E-state index contributed by atoms with van der Waals surface area (Å²) < 4.78 is 22.5. The molecule has 2 heterocycles. The average molecular weight is 519 g/mol. The smallest absolute Gasteiger partial charge is 0.254 e. The van der Waals surface area contributed by atoms with E-state index in [4.69, 9.17) is 18.9 Å². The Morgan fingerprint density at radius 1 is 1.00 bits per heavy atom. The molecule has 2 aromatic rings. The Labute approximate surface area is 221 Å². The van der Waals surface area contributed by atoms with Crippen LogP contribution in [0.25, 0.3) is 0 Å². The van der Waals surface area contributed by atoms with Crippen molar-refractivity contribution in [1.29, 1.82) is 0 Å². The van der Waals surface area contributed by atoms with E-state index < -0.39 is 0 Å². The molecule has 1 amide bonds. The predicted octanol–water partition coefficient (Wildman–Crippen LogP) is 4.84. The minimum atomic E-state index is 0. The van der Waals surface area contributed by atoms with Gasteiger partial charge in [0.2, 0.25) is 0 Å². The van der Waals surface area contributed by atoms with E-state index in [1.807, 2.05) is 50.2 Å². The molecule has 1 unspecified atom stereocenters. The van der Waals surface area contributed by atoms with Gasteiger partial charge in [0.05, 0.1) is 26.9 Å². The first kappa shape index (κ1) is 27.9. The fourth-order valence-corrected chi connectivity index (χ4v) is 5.03. The molecule has 2 aromatic carbocycles. The van der Waals surface area contributed by atoms with Crippen molar-refractivity contribution in [3.8, 4) is 23.0 Å². The summed E-state index contributed by atoms with van der Waals surface area (Å²) in [5, 5.41) is 0. The molecule has 0 bridgehead atoms. The van der Waals surface area contributed by atoms with Crippen LogP contribution in [-0.4, -0.2) is 74.9 Å². The molecular formula is C28H39ClN2O5. The van der Waals surface area contributed by atoms with Gasteiger partial charge in [-0.1, -0.05) is 0 Å². The maximum absolute atomic E-state index is 13.4. The lowest BCUT2D eigenvalue weighted by Gasteiger charge is -2.41. The third-order valence-corrected chi connectivity index (χ3v) is 6.73. The Morgan fingerprint density at radius 2 is 1.69 bits per heavy atom. The van der Waals surface area contributed by atoms with Gasteiger partial charge in [0, 0.05) is 31.2 Å². The van der Waals surface area contributed by atoms with E-state index in [9.17, 15) is 4.79 Å². The second-order valence-electron chi connectivity index (χ2n) is 9.55. The van der Waals surface area contributed by atoms with Gasteiger partial charge in [0.15, 0.2) is 11.5 Å². The summed E-state index contributed by atoms with van der Waals surface area (Å²) in [4.78, 5) is 17.9. The fourth-order valence-electron chi connectivity index (χ4n) is 5.03. The third kappa shape index (κ3) is 6.77. The van der Waals surface area contributed by atoms with Crippen LogP contribution in [0.3, 0.4) is 0 Å². The van der Waals surface area contributed by atoms with E-state index in [1.165, 1.54) is 0 Å². The number of carbonyl (C=O) groups is 1. The number of carbonyl (C=O) groups excluding carboxylic acids is 1. The summed E-state index contributed by atoms with van der Waals surface area (Å²) in [7, 11) is 3.23. The lowest BCUT2D eigenvalue weighted by molar-refractivity contribution is 0.0517. The van der Waals surface area contributed by atoms with Crippen LogP contribution in [0.15, 0.2) is 36.4 Å². The average Bonchev–Trinajstić information content (AvgIpc) is 2.87. The highest BCUT2D eigenvalue weighted by atomic mass is 35.5. The first-order valence-electron chi connectivity index (χ1n) is 12.7. The fraction of sp³-hybridized carbons (Fsp3) is 0.536. The second-order valence-corrected chi connectivity index (χ2v) is 9.55. The molecule has 1 atom stereocenters. The molecule has 2 aliphatic heterocycles. The van der Waals surface area contributed by atoms with Gasteiger partial charge >= 0.3 is 0 Å². The maximum Gasteiger partial charge on any atom is 0.254 e. The number of rotatable bonds is 10. The number of fused-ring (bicyclic) bond motifs is 1. The highest BCUT2D eigenvalue weighted by Crippen LogP contribution is 2.34. The summed E-state index contributed by atoms with van der Waals surface area (Å²) in [6.07, 6.45) is 4.10. The van der Waals surface area contributed by atoms with Gasteiger partial charge in [0.25, 0.3) is 5.91 Å². The van der Waals surface area contributed by atoms with Crippen molar-refractivity contribution in [2.24, 2.45) is 0 Å². The standard InChI is InChI=1S/C28H38N2O5.ClH/c1-20(2)35-24-10-8-23(9-11-24)34-16-6-14-29-13-5-7-22(19-29)30-15-12-21-17-26(32-3)27(33-4)18-25(21)28(30)31;/h8-11,17-18,20,22H,5-7,12-16,19H2,1-4H3;1H. The van der Waals surface area contributed by atoms with Gasteiger partial charge in [-0.3, -0.25) is 4.79 Å². The molecule has 2 aliphatic rings. The Hall–Kier alpha value is -2.64. The number of piperidine rings is 1. The van der Waals surface area contributed by atoms with Crippen LogP contribution in [0.4, 0.5) is 0 Å². The largest absolute Gasteiger partial charge is 0.494 e.